The van der Waals surface area contributed by atoms with E-state index in [-0.39, 0.29) is 0 Å². The van der Waals surface area contributed by atoms with Crippen LogP contribution in [0.15, 0.2) is 194 Å². The van der Waals surface area contributed by atoms with Crippen molar-refractivity contribution in [2.24, 2.45) is 0 Å². The van der Waals surface area contributed by atoms with Crippen molar-refractivity contribution in [2.75, 3.05) is 0 Å². The third kappa shape index (κ3) is 9.61. The summed E-state index contributed by atoms with van der Waals surface area (Å²) in [6.07, 6.45) is 3.43. The highest BCUT2D eigenvalue weighted by Gasteiger charge is 2.31. The van der Waals surface area contributed by atoms with Gasteiger partial charge in [0.05, 0.1) is 11.1 Å². The third-order valence-electron chi connectivity index (χ3n) is 10.7. The first-order valence-corrected chi connectivity index (χ1v) is 20.0. The Morgan fingerprint density at radius 1 is 0.306 bits per heavy atom. The molecule has 0 bridgehead atoms. The summed E-state index contributed by atoms with van der Waals surface area (Å²) in [6, 6.07) is 57.9. The zero-order chi connectivity index (χ0) is 43.1. The Kier molecular flexibility index (Phi) is 12.0. The molecule has 304 valence electrons. The van der Waals surface area contributed by atoms with Crippen LogP contribution >= 0.6 is 0 Å². The fourth-order valence-corrected chi connectivity index (χ4v) is 7.48. The summed E-state index contributed by atoms with van der Waals surface area (Å²) in [6.45, 7) is 0. The summed E-state index contributed by atoms with van der Waals surface area (Å²) in [5.74, 6) is 0. The van der Waals surface area contributed by atoms with Crippen LogP contribution in [0.1, 0.15) is 66.8 Å². The lowest BCUT2D eigenvalue weighted by Crippen LogP contribution is -2.04. The molecule has 62 heavy (non-hydrogen) atoms. The minimum absolute atomic E-state index is 0.662. The molecular weight excluding hydrogens is 787 g/mol. The van der Waals surface area contributed by atoms with Gasteiger partial charge in [-0.05, 0) is 114 Å². The Morgan fingerprint density at radius 2 is 0.677 bits per heavy atom. The first kappa shape index (κ1) is 41.3. The van der Waals surface area contributed by atoms with E-state index in [4.69, 9.17) is 0 Å². The van der Waals surface area contributed by atoms with E-state index in [1.807, 2.05) is 133 Å². The van der Waals surface area contributed by atoms with E-state index < -0.39 is 23.5 Å². The van der Waals surface area contributed by atoms with Crippen LogP contribution in [-0.4, -0.2) is 0 Å². The zero-order valence-electron chi connectivity index (χ0n) is 33.2. The van der Waals surface area contributed by atoms with Crippen molar-refractivity contribution < 1.29 is 26.3 Å². The topological polar surface area (TPSA) is 0 Å². The summed E-state index contributed by atoms with van der Waals surface area (Å²) in [5, 5.41) is 2.12. The molecule has 0 atom stereocenters. The molecule has 8 aromatic carbocycles. The number of hydrogen-bond acceptors (Lipinski definition) is 0. The third-order valence-corrected chi connectivity index (χ3v) is 10.7. The molecule has 0 amide bonds. The lowest BCUT2D eigenvalue weighted by molar-refractivity contribution is -0.138. The fourth-order valence-electron chi connectivity index (χ4n) is 7.48. The van der Waals surface area contributed by atoms with Crippen molar-refractivity contribution in [2.45, 2.75) is 12.4 Å². The smallest absolute Gasteiger partial charge is 0.166 e. The van der Waals surface area contributed by atoms with E-state index in [1.165, 1.54) is 24.3 Å². The average molecular weight is 825 g/mol. The number of halogens is 6. The van der Waals surface area contributed by atoms with Gasteiger partial charge in [-0.2, -0.15) is 26.3 Å². The van der Waals surface area contributed by atoms with Crippen molar-refractivity contribution in [3.8, 4) is 0 Å². The van der Waals surface area contributed by atoms with E-state index in [0.29, 0.717) is 11.1 Å². The maximum Gasteiger partial charge on any atom is 0.416 e. The van der Waals surface area contributed by atoms with Crippen LogP contribution in [0, 0.1) is 0 Å². The number of alkyl halides is 6. The van der Waals surface area contributed by atoms with Crippen LogP contribution < -0.4 is 0 Å². The summed E-state index contributed by atoms with van der Waals surface area (Å²) >= 11 is 0. The predicted octanol–water partition coefficient (Wildman–Crippen LogP) is 16.4. The van der Waals surface area contributed by atoms with E-state index in [9.17, 15) is 26.3 Å². The predicted molar refractivity (Wildman–Crippen MR) is 244 cm³/mol. The van der Waals surface area contributed by atoms with Gasteiger partial charge in [0.1, 0.15) is 0 Å². The molecule has 0 radical (unpaired) electrons. The zero-order valence-corrected chi connectivity index (χ0v) is 33.2. The van der Waals surface area contributed by atoms with Crippen molar-refractivity contribution >= 4 is 58.4 Å². The largest absolute Gasteiger partial charge is 0.416 e. The monoisotopic (exact) mass is 824 g/mol. The molecule has 0 unspecified atom stereocenters. The van der Waals surface area contributed by atoms with Crippen molar-refractivity contribution in [3.63, 3.8) is 0 Å². The summed E-state index contributed by atoms with van der Waals surface area (Å²) in [7, 11) is 0. The number of fused-ring (bicyclic) bond motifs is 1. The first-order valence-electron chi connectivity index (χ1n) is 20.0. The van der Waals surface area contributed by atoms with Crippen LogP contribution in [0.5, 0.6) is 0 Å². The molecule has 8 rings (SSSR count). The van der Waals surface area contributed by atoms with Gasteiger partial charge in [0.15, 0.2) is 0 Å². The molecule has 0 saturated carbocycles. The maximum absolute atomic E-state index is 13.5. The first-order chi connectivity index (χ1) is 30.0. The van der Waals surface area contributed by atoms with E-state index >= 15 is 0 Å². The standard InChI is InChI=1S/C56H38F6/c57-55(58,59)49-32-27-45(28-33-49)53(41-15-3-1-4-16-41)37-47-20-9-7-13-39(47)23-24-44-26-25-43-19-11-12-22-51(43)52(44)36-31-40-14-8-10-21-48(40)38-54(42-17-5-2-6-18-42)46-29-34-50(35-30-46)56(60,61)62/h1-38H/b24-23?,36-31?,53-37-,54-38-. The molecule has 0 aliphatic heterocycles. The molecule has 0 spiro atoms. The molecule has 6 heteroatoms. The van der Waals surface area contributed by atoms with Gasteiger partial charge in [0.2, 0.25) is 0 Å². The minimum Gasteiger partial charge on any atom is -0.166 e. The fraction of sp³-hybridized carbons (Fsp3) is 0.0357. The molecule has 0 aliphatic rings. The summed E-state index contributed by atoms with van der Waals surface area (Å²) < 4.78 is 80.9. The highest BCUT2D eigenvalue weighted by Crippen LogP contribution is 2.35. The lowest BCUT2D eigenvalue weighted by Gasteiger charge is -2.13. The Balaban J connectivity index is 1.18. The van der Waals surface area contributed by atoms with E-state index in [0.717, 1.165) is 90.7 Å². The highest BCUT2D eigenvalue weighted by atomic mass is 19.4. The molecule has 0 aromatic heterocycles. The van der Waals surface area contributed by atoms with Gasteiger partial charge < -0.3 is 0 Å². The van der Waals surface area contributed by atoms with Crippen molar-refractivity contribution in [1.29, 1.82) is 0 Å². The van der Waals surface area contributed by atoms with Gasteiger partial charge in [0, 0.05) is 0 Å². The molecule has 0 heterocycles. The van der Waals surface area contributed by atoms with Crippen molar-refractivity contribution in [3.05, 3.63) is 261 Å². The molecule has 8 aromatic rings. The van der Waals surface area contributed by atoms with Crippen LogP contribution in [0.4, 0.5) is 26.3 Å². The quantitative estimate of drug-likeness (QED) is 0.0952. The molecule has 0 N–H and O–H groups in total. The Morgan fingerprint density at radius 3 is 1.15 bits per heavy atom. The molecule has 0 saturated heterocycles. The van der Waals surface area contributed by atoms with Crippen LogP contribution in [0.2, 0.25) is 0 Å². The number of benzene rings is 8. The normalized spacial score (nSPS) is 12.7. The summed E-state index contributed by atoms with van der Waals surface area (Å²) in [5.41, 5.74) is 8.82. The Hall–Kier alpha value is -7.44. The van der Waals surface area contributed by atoms with Gasteiger partial charge in [0.25, 0.3) is 0 Å². The van der Waals surface area contributed by atoms with Crippen LogP contribution in [-0.2, 0) is 12.4 Å². The van der Waals surface area contributed by atoms with Gasteiger partial charge in [-0.3, -0.25) is 0 Å². The highest BCUT2D eigenvalue weighted by molar-refractivity contribution is 5.99. The molecular formula is C56H38F6. The van der Waals surface area contributed by atoms with Crippen LogP contribution in [0.25, 0.3) is 58.4 Å². The second-order valence-corrected chi connectivity index (χ2v) is 14.7. The van der Waals surface area contributed by atoms with Gasteiger partial charge in [-0.15, -0.1) is 0 Å². The lowest BCUT2D eigenvalue weighted by atomic mass is 9.92. The number of hydrogen-bond donors (Lipinski definition) is 0. The molecule has 0 aliphatic carbocycles. The van der Waals surface area contributed by atoms with E-state index in [2.05, 4.69) is 48.6 Å². The number of rotatable bonds is 10. The van der Waals surface area contributed by atoms with E-state index in [1.54, 1.807) is 0 Å². The summed E-state index contributed by atoms with van der Waals surface area (Å²) in [4.78, 5) is 0. The average Bonchev–Trinajstić information content (AvgIpc) is 3.29. The van der Waals surface area contributed by atoms with Gasteiger partial charge in [-0.25, -0.2) is 0 Å². The minimum atomic E-state index is -4.44. The second kappa shape index (κ2) is 18.0. The van der Waals surface area contributed by atoms with Gasteiger partial charge >= 0.3 is 12.4 Å². The second-order valence-electron chi connectivity index (χ2n) is 14.7. The Bertz CT molecular complexity index is 2930. The molecule has 0 fully saturated rings. The Labute approximate surface area is 356 Å². The van der Waals surface area contributed by atoms with Gasteiger partial charge in [-0.1, -0.05) is 194 Å². The van der Waals surface area contributed by atoms with Crippen molar-refractivity contribution in [1.82, 2.24) is 0 Å². The maximum atomic E-state index is 13.5. The van der Waals surface area contributed by atoms with Crippen LogP contribution in [0.3, 0.4) is 0 Å². The molecule has 0 nitrogen and oxygen atoms in total. The SMILES string of the molecule is FC(F)(F)c1ccc(/C(=C\c2ccccc2C=Cc2ccc3ccccc3c2C=Cc2ccccc2/C=C(/c2ccccc2)c2ccc(C(F)(F)F)cc2)c2ccccc2)cc1.